The molecule has 0 radical (unpaired) electrons. The molecule has 0 aliphatic carbocycles. The van der Waals surface area contributed by atoms with E-state index in [0.717, 1.165) is 18.4 Å². The van der Waals surface area contributed by atoms with Crippen LogP contribution in [0.4, 0.5) is 24.5 Å². The summed E-state index contributed by atoms with van der Waals surface area (Å²) < 4.78 is 67.9. The molecule has 0 fully saturated rings. The zero-order valence-electron chi connectivity index (χ0n) is 13.5. The number of carbonyl (C=O) groups is 1. The van der Waals surface area contributed by atoms with Gasteiger partial charge in [0.15, 0.2) is 6.61 Å². The smallest absolute Gasteiger partial charge is 0.416 e. The van der Waals surface area contributed by atoms with Crippen molar-refractivity contribution in [3.8, 4) is 5.75 Å². The second-order valence-electron chi connectivity index (χ2n) is 5.28. The van der Waals surface area contributed by atoms with Gasteiger partial charge in [-0.05, 0) is 30.3 Å². The summed E-state index contributed by atoms with van der Waals surface area (Å²) in [6.07, 6.45) is -3.56. The number of alkyl halides is 3. The number of nitrogens with one attached hydrogen (secondary N) is 2. The molecule has 0 aliphatic rings. The molecular formula is C16H15F3N2O4S. The first kappa shape index (κ1) is 19.6. The summed E-state index contributed by atoms with van der Waals surface area (Å²) in [7, 11) is -3.55. The summed E-state index contributed by atoms with van der Waals surface area (Å²) in [5.74, 6) is -0.775. The number of hydrogen-bond acceptors (Lipinski definition) is 4. The molecule has 0 spiro atoms. The quantitative estimate of drug-likeness (QED) is 0.797. The maximum atomic E-state index is 12.6. The van der Waals surface area contributed by atoms with E-state index in [9.17, 15) is 26.4 Å². The highest BCUT2D eigenvalue weighted by molar-refractivity contribution is 7.92. The minimum atomic E-state index is -4.52. The number of halogens is 3. The van der Waals surface area contributed by atoms with Gasteiger partial charge in [-0.25, -0.2) is 8.42 Å². The van der Waals surface area contributed by atoms with Gasteiger partial charge < -0.3 is 10.1 Å². The lowest BCUT2D eigenvalue weighted by atomic mass is 10.2. The maximum absolute atomic E-state index is 12.6. The van der Waals surface area contributed by atoms with Crippen LogP contribution >= 0.6 is 0 Å². The summed E-state index contributed by atoms with van der Waals surface area (Å²) in [6, 6.07) is 10.2. The van der Waals surface area contributed by atoms with Gasteiger partial charge in [-0.2, -0.15) is 13.2 Å². The van der Waals surface area contributed by atoms with Crippen molar-refractivity contribution in [1.82, 2.24) is 0 Å². The van der Waals surface area contributed by atoms with Crippen molar-refractivity contribution in [2.75, 3.05) is 22.9 Å². The van der Waals surface area contributed by atoms with Gasteiger partial charge in [-0.1, -0.05) is 18.2 Å². The molecule has 0 saturated heterocycles. The molecule has 26 heavy (non-hydrogen) atoms. The lowest BCUT2D eigenvalue weighted by Crippen LogP contribution is -2.21. The van der Waals surface area contributed by atoms with E-state index < -0.39 is 34.3 Å². The van der Waals surface area contributed by atoms with Crippen LogP contribution < -0.4 is 14.8 Å². The van der Waals surface area contributed by atoms with Gasteiger partial charge in [0.25, 0.3) is 5.91 Å². The molecule has 6 nitrogen and oxygen atoms in total. The van der Waals surface area contributed by atoms with Crippen molar-refractivity contribution in [2.45, 2.75) is 6.18 Å². The van der Waals surface area contributed by atoms with Crippen molar-refractivity contribution in [3.63, 3.8) is 0 Å². The molecule has 10 heteroatoms. The minimum Gasteiger partial charge on any atom is -0.484 e. The maximum Gasteiger partial charge on any atom is 0.416 e. The summed E-state index contributed by atoms with van der Waals surface area (Å²) in [4.78, 5) is 11.9. The van der Waals surface area contributed by atoms with Gasteiger partial charge in [-0.15, -0.1) is 0 Å². The highest BCUT2D eigenvalue weighted by atomic mass is 32.2. The van der Waals surface area contributed by atoms with Gasteiger partial charge in [0.05, 0.1) is 23.2 Å². The molecule has 0 heterocycles. The Morgan fingerprint density at radius 3 is 2.35 bits per heavy atom. The number of benzene rings is 2. The van der Waals surface area contributed by atoms with E-state index >= 15 is 0 Å². The van der Waals surface area contributed by atoms with Gasteiger partial charge in [-0.3, -0.25) is 9.52 Å². The molecule has 140 valence electrons. The predicted molar refractivity (Wildman–Crippen MR) is 90.5 cm³/mol. The topological polar surface area (TPSA) is 84.5 Å². The molecule has 0 saturated carbocycles. The van der Waals surface area contributed by atoms with Crippen LogP contribution in [0.5, 0.6) is 5.75 Å². The molecule has 2 aromatic rings. The van der Waals surface area contributed by atoms with Gasteiger partial charge in [0.1, 0.15) is 5.75 Å². The van der Waals surface area contributed by atoms with Crippen LogP contribution in [0.15, 0.2) is 48.5 Å². The number of hydrogen-bond donors (Lipinski definition) is 2. The first-order valence-corrected chi connectivity index (χ1v) is 9.10. The highest BCUT2D eigenvalue weighted by Gasteiger charge is 2.30. The first-order valence-electron chi connectivity index (χ1n) is 7.21. The molecule has 0 aliphatic heterocycles. The fraction of sp³-hybridized carbons (Fsp3) is 0.188. The van der Waals surface area contributed by atoms with Crippen molar-refractivity contribution in [1.29, 1.82) is 0 Å². The van der Waals surface area contributed by atoms with Crippen molar-refractivity contribution >= 4 is 27.3 Å². The Morgan fingerprint density at radius 1 is 1.08 bits per heavy atom. The first-order chi connectivity index (χ1) is 12.0. The number of anilines is 2. The Morgan fingerprint density at radius 2 is 1.73 bits per heavy atom. The number of carbonyl (C=O) groups excluding carboxylic acids is 1. The van der Waals surface area contributed by atoms with Crippen LogP contribution in [0, 0.1) is 0 Å². The number of rotatable bonds is 6. The standard InChI is InChI=1S/C16H15F3N2O4S/c1-26(23,24)21-14-8-3-2-7-13(14)20-15(22)10-25-12-6-4-5-11(9-12)16(17,18)19/h2-9,21H,10H2,1H3,(H,20,22). The van der Waals surface area contributed by atoms with E-state index in [1.54, 1.807) is 12.1 Å². The number of ether oxygens (including phenoxy) is 1. The van der Waals surface area contributed by atoms with Gasteiger partial charge >= 0.3 is 6.18 Å². The molecule has 0 bridgehead atoms. The third-order valence-corrected chi connectivity index (χ3v) is 3.62. The van der Waals surface area contributed by atoms with E-state index in [-0.39, 0.29) is 17.1 Å². The zero-order chi connectivity index (χ0) is 19.4. The molecule has 0 atom stereocenters. The number of sulfonamides is 1. The third kappa shape index (κ3) is 5.96. The summed E-state index contributed by atoms with van der Waals surface area (Å²) >= 11 is 0. The van der Waals surface area contributed by atoms with E-state index in [4.69, 9.17) is 4.74 Å². The molecule has 2 rings (SSSR count). The highest BCUT2D eigenvalue weighted by Crippen LogP contribution is 2.31. The lowest BCUT2D eigenvalue weighted by molar-refractivity contribution is -0.137. The van der Waals surface area contributed by atoms with Gasteiger partial charge in [0, 0.05) is 0 Å². The van der Waals surface area contributed by atoms with E-state index in [1.165, 1.54) is 24.3 Å². The van der Waals surface area contributed by atoms with Crippen LogP contribution in [0.25, 0.3) is 0 Å². The second kappa shape index (κ2) is 7.65. The average Bonchev–Trinajstić information content (AvgIpc) is 2.53. The van der Waals surface area contributed by atoms with Crippen LogP contribution in [0.3, 0.4) is 0 Å². The molecule has 0 unspecified atom stereocenters. The Balaban J connectivity index is 2.02. The number of amides is 1. The van der Waals surface area contributed by atoms with E-state index in [1.807, 2.05) is 0 Å². The largest absolute Gasteiger partial charge is 0.484 e. The Kier molecular flexibility index (Phi) is 5.76. The summed E-state index contributed by atoms with van der Waals surface area (Å²) in [6.45, 7) is -0.547. The Labute approximate surface area is 148 Å². The normalized spacial score (nSPS) is 11.7. The molecule has 0 aromatic heterocycles. The zero-order valence-corrected chi connectivity index (χ0v) is 14.3. The van der Waals surface area contributed by atoms with Crippen molar-refractivity contribution in [3.05, 3.63) is 54.1 Å². The van der Waals surface area contributed by atoms with Crippen LogP contribution in [-0.2, 0) is 21.0 Å². The van der Waals surface area contributed by atoms with Crippen LogP contribution in [0.1, 0.15) is 5.56 Å². The fourth-order valence-corrected chi connectivity index (χ4v) is 2.56. The SMILES string of the molecule is CS(=O)(=O)Nc1ccccc1NC(=O)COc1cccc(C(F)(F)F)c1. The minimum absolute atomic E-state index is 0.113. The Hall–Kier alpha value is -2.75. The second-order valence-corrected chi connectivity index (χ2v) is 7.03. The van der Waals surface area contributed by atoms with Crippen molar-refractivity contribution < 1.29 is 31.1 Å². The monoisotopic (exact) mass is 388 g/mol. The average molecular weight is 388 g/mol. The van der Waals surface area contributed by atoms with Crippen LogP contribution in [-0.4, -0.2) is 27.2 Å². The molecular weight excluding hydrogens is 373 g/mol. The third-order valence-electron chi connectivity index (χ3n) is 3.03. The van der Waals surface area contributed by atoms with Crippen LogP contribution in [0.2, 0.25) is 0 Å². The van der Waals surface area contributed by atoms with E-state index in [2.05, 4.69) is 10.0 Å². The molecule has 1 amide bonds. The molecule has 2 N–H and O–H groups in total. The Bertz CT molecular complexity index is 898. The van der Waals surface area contributed by atoms with Gasteiger partial charge in [0.2, 0.25) is 10.0 Å². The predicted octanol–water partition coefficient (Wildman–Crippen LogP) is 3.09. The molecule has 2 aromatic carbocycles. The van der Waals surface area contributed by atoms with Crippen molar-refractivity contribution in [2.24, 2.45) is 0 Å². The fourth-order valence-electron chi connectivity index (χ4n) is 1.98. The lowest BCUT2D eigenvalue weighted by Gasteiger charge is -2.13. The summed E-state index contributed by atoms with van der Waals surface area (Å²) in [5, 5.41) is 2.44. The number of para-hydroxylation sites is 2. The van der Waals surface area contributed by atoms with E-state index in [0.29, 0.717) is 0 Å². The summed E-state index contributed by atoms with van der Waals surface area (Å²) in [5.41, 5.74) is -0.545.